The Morgan fingerprint density at radius 1 is 1.29 bits per heavy atom. The van der Waals surface area contributed by atoms with E-state index in [-0.39, 0.29) is 6.10 Å². The van der Waals surface area contributed by atoms with Crippen molar-refractivity contribution in [1.29, 1.82) is 0 Å². The molecule has 1 aromatic rings. The summed E-state index contributed by atoms with van der Waals surface area (Å²) in [4.78, 5) is 0. The van der Waals surface area contributed by atoms with Gasteiger partial charge in [0.05, 0.1) is 0 Å². The Bertz CT molecular complexity index is 301. The van der Waals surface area contributed by atoms with Crippen LogP contribution in [0.15, 0.2) is 24.3 Å². The Labute approximate surface area is 87.6 Å². The fourth-order valence-electron chi connectivity index (χ4n) is 1.45. The molecule has 0 radical (unpaired) electrons. The lowest BCUT2D eigenvalue weighted by Crippen LogP contribution is -2.29. The topological polar surface area (TPSA) is 41.5 Å². The molecular formula is C10H12ClNO2. The lowest BCUT2D eigenvalue weighted by molar-refractivity contribution is 0.0738. The molecule has 2 N–H and O–H groups in total. The predicted octanol–water partition coefficient (Wildman–Crippen LogP) is 1.05. The monoisotopic (exact) mass is 213 g/mol. The number of aliphatic hydroxyl groups is 1. The molecular weight excluding hydrogens is 202 g/mol. The second-order valence-electron chi connectivity index (χ2n) is 3.34. The third-order valence-corrected chi connectivity index (χ3v) is 2.48. The van der Waals surface area contributed by atoms with Crippen LogP contribution in [0, 0.1) is 0 Å². The van der Waals surface area contributed by atoms with Gasteiger partial charge < -0.3 is 15.2 Å². The van der Waals surface area contributed by atoms with E-state index in [1.807, 2.05) is 0 Å². The number of rotatable bonds is 2. The zero-order valence-corrected chi connectivity index (χ0v) is 8.37. The van der Waals surface area contributed by atoms with Gasteiger partial charge in [-0.25, -0.2) is 0 Å². The average molecular weight is 214 g/mol. The maximum atomic E-state index is 9.49. The molecule has 0 aliphatic carbocycles. The number of nitrogens with one attached hydrogen (secondary N) is 1. The smallest absolute Gasteiger partial charge is 0.138 e. The molecule has 0 spiro atoms. The molecule has 0 amide bonds. The molecule has 2 rings (SSSR count). The summed E-state index contributed by atoms with van der Waals surface area (Å²) < 4.78 is 5.57. The molecule has 1 aromatic carbocycles. The number of hydrogen-bond donors (Lipinski definition) is 2. The maximum Gasteiger partial charge on any atom is 0.138 e. The van der Waals surface area contributed by atoms with Gasteiger partial charge in [0.1, 0.15) is 18.0 Å². The van der Waals surface area contributed by atoms with Gasteiger partial charge in [-0.1, -0.05) is 11.6 Å². The first kappa shape index (κ1) is 9.77. The van der Waals surface area contributed by atoms with Crippen LogP contribution in [0.5, 0.6) is 5.75 Å². The van der Waals surface area contributed by atoms with Crippen molar-refractivity contribution in [3.8, 4) is 5.75 Å². The maximum absolute atomic E-state index is 9.49. The zero-order valence-electron chi connectivity index (χ0n) is 7.61. The summed E-state index contributed by atoms with van der Waals surface area (Å²) in [6.45, 7) is 1.28. The van der Waals surface area contributed by atoms with E-state index in [4.69, 9.17) is 16.3 Å². The summed E-state index contributed by atoms with van der Waals surface area (Å²) in [6.07, 6.45) is -0.582. The number of ether oxygens (including phenoxy) is 1. The third kappa shape index (κ3) is 2.18. The molecule has 2 atom stereocenters. The molecule has 76 valence electrons. The Morgan fingerprint density at radius 2 is 2.00 bits per heavy atom. The van der Waals surface area contributed by atoms with Crippen LogP contribution < -0.4 is 10.1 Å². The molecule has 0 bridgehead atoms. The van der Waals surface area contributed by atoms with Gasteiger partial charge in [0.2, 0.25) is 0 Å². The predicted molar refractivity (Wildman–Crippen MR) is 54.7 cm³/mol. The van der Waals surface area contributed by atoms with Crippen molar-refractivity contribution in [3.63, 3.8) is 0 Å². The first-order valence-corrected chi connectivity index (χ1v) is 4.94. The van der Waals surface area contributed by atoms with Crippen LogP contribution >= 0.6 is 11.6 Å². The van der Waals surface area contributed by atoms with E-state index in [1.54, 1.807) is 24.3 Å². The van der Waals surface area contributed by atoms with Crippen LogP contribution in [0.3, 0.4) is 0 Å². The molecule has 3 nitrogen and oxygen atoms in total. The van der Waals surface area contributed by atoms with Gasteiger partial charge in [0, 0.05) is 18.1 Å². The third-order valence-electron chi connectivity index (χ3n) is 2.23. The van der Waals surface area contributed by atoms with Gasteiger partial charge >= 0.3 is 0 Å². The Kier molecular flexibility index (Phi) is 2.91. The normalized spacial score (nSPS) is 26.4. The Hall–Kier alpha value is -0.770. The molecule has 1 aliphatic rings. The number of halogens is 1. The first-order chi connectivity index (χ1) is 6.75. The standard InChI is InChI=1S/C10H12ClNO2/c11-7-1-3-8(4-2-7)14-10-6-12-5-9(10)13/h1-4,9-10,12-13H,5-6H2/t9-,10-/m1/s1. The molecule has 1 fully saturated rings. The summed E-state index contributed by atoms with van der Waals surface area (Å²) in [7, 11) is 0. The highest BCUT2D eigenvalue weighted by atomic mass is 35.5. The van der Waals surface area contributed by atoms with E-state index in [9.17, 15) is 5.11 Å². The van der Waals surface area contributed by atoms with Crippen LogP contribution in [-0.2, 0) is 0 Å². The van der Waals surface area contributed by atoms with Crippen molar-refractivity contribution in [1.82, 2.24) is 5.32 Å². The van der Waals surface area contributed by atoms with Gasteiger partial charge in [-0.3, -0.25) is 0 Å². The second kappa shape index (κ2) is 4.17. The summed E-state index contributed by atoms with van der Waals surface area (Å²) >= 11 is 5.74. The molecule has 1 heterocycles. The van der Waals surface area contributed by atoms with Crippen LogP contribution in [0.25, 0.3) is 0 Å². The highest BCUT2D eigenvalue weighted by Gasteiger charge is 2.26. The van der Waals surface area contributed by atoms with Gasteiger partial charge in [-0.05, 0) is 24.3 Å². The largest absolute Gasteiger partial charge is 0.486 e. The van der Waals surface area contributed by atoms with Crippen molar-refractivity contribution < 1.29 is 9.84 Å². The summed E-state index contributed by atoms with van der Waals surface area (Å²) in [5.41, 5.74) is 0. The molecule has 0 aromatic heterocycles. The average Bonchev–Trinajstić information content (AvgIpc) is 2.56. The molecule has 1 aliphatic heterocycles. The lowest BCUT2D eigenvalue weighted by atomic mass is 10.2. The van der Waals surface area contributed by atoms with Crippen LogP contribution in [-0.4, -0.2) is 30.4 Å². The minimum atomic E-state index is -0.425. The molecule has 1 saturated heterocycles. The van der Waals surface area contributed by atoms with E-state index in [0.29, 0.717) is 18.1 Å². The lowest BCUT2D eigenvalue weighted by Gasteiger charge is -2.15. The van der Waals surface area contributed by atoms with Crippen molar-refractivity contribution >= 4 is 11.6 Å². The van der Waals surface area contributed by atoms with Gasteiger partial charge in [-0.15, -0.1) is 0 Å². The Balaban J connectivity index is 2.00. The quantitative estimate of drug-likeness (QED) is 0.772. The van der Waals surface area contributed by atoms with E-state index in [1.165, 1.54) is 0 Å². The molecule has 0 unspecified atom stereocenters. The minimum absolute atomic E-state index is 0.156. The van der Waals surface area contributed by atoms with Gasteiger partial charge in [0.15, 0.2) is 0 Å². The molecule has 0 saturated carbocycles. The first-order valence-electron chi connectivity index (χ1n) is 4.57. The van der Waals surface area contributed by atoms with E-state index >= 15 is 0 Å². The number of benzene rings is 1. The van der Waals surface area contributed by atoms with Crippen LogP contribution in [0.1, 0.15) is 0 Å². The number of aliphatic hydroxyl groups excluding tert-OH is 1. The zero-order chi connectivity index (χ0) is 9.97. The molecule has 14 heavy (non-hydrogen) atoms. The van der Waals surface area contributed by atoms with Crippen LogP contribution in [0.4, 0.5) is 0 Å². The molecule has 4 heteroatoms. The van der Waals surface area contributed by atoms with E-state index in [2.05, 4.69) is 5.32 Å². The van der Waals surface area contributed by atoms with Crippen molar-refractivity contribution in [2.45, 2.75) is 12.2 Å². The van der Waals surface area contributed by atoms with Crippen molar-refractivity contribution in [2.75, 3.05) is 13.1 Å². The van der Waals surface area contributed by atoms with Crippen molar-refractivity contribution in [3.05, 3.63) is 29.3 Å². The SMILES string of the molecule is O[C@@H]1CNC[C@H]1Oc1ccc(Cl)cc1. The summed E-state index contributed by atoms with van der Waals surface area (Å²) in [5, 5.41) is 13.2. The van der Waals surface area contributed by atoms with Gasteiger partial charge in [0.25, 0.3) is 0 Å². The Morgan fingerprint density at radius 3 is 2.57 bits per heavy atom. The van der Waals surface area contributed by atoms with Gasteiger partial charge in [-0.2, -0.15) is 0 Å². The van der Waals surface area contributed by atoms with E-state index in [0.717, 1.165) is 5.75 Å². The number of hydrogen-bond acceptors (Lipinski definition) is 3. The second-order valence-corrected chi connectivity index (χ2v) is 3.77. The number of β-amino-alcohol motifs (C(OH)–C–C–N with tert-alkyl or cyclic N) is 1. The fraction of sp³-hybridized carbons (Fsp3) is 0.400. The summed E-state index contributed by atoms with van der Waals surface area (Å²) in [5.74, 6) is 0.738. The highest BCUT2D eigenvalue weighted by molar-refractivity contribution is 6.30. The van der Waals surface area contributed by atoms with Crippen LogP contribution in [0.2, 0.25) is 5.02 Å². The fourth-order valence-corrected chi connectivity index (χ4v) is 1.58. The highest BCUT2D eigenvalue weighted by Crippen LogP contribution is 2.18. The van der Waals surface area contributed by atoms with Crippen molar-refractivity contribution in [2.24, 2.45) is 0 Å². The summed E-state index contributed by atoms with van der Waals surface area (Å²) in [6, 6.07) is 7.14. The van der Waals surface area contributed by atoms with E-state index < -0.39 is 6.10 Å². The minimum Gasteiger partial charge on any atom is -0.486 e.